The minimum absolute atomic E-state index is 0.0522. The molecule has 0 aliphatic carbocycles. The van der Waals surface area contributed by atoms with Crippen LogP contribution < -0.4 is 10.6 Å². The van der Waals surface area contributed by atoms with Crippen molar-refractivity contribution in [1.29, 1.82) is 0 Å². The van der Waals surface area contributed by atoms with E-state index in [-0.39, 0.29) is 35.2 Å². The number of rotatable bonds is 6. The van der Waals surface area contributed by atoms with Gasteiger partial charge in [0.25, 0.3) is 0 Å². The zero-order chi connectivity index (χ0) is 18.5. The van der Waals surface area contributed by atoms with Gasteiger partial charge in [-0.1, -0.05) is 50.6 Å². The maximum Gasteiger partial charge on any atom is 0.222 e. The summed E-state index contributed by atoms with van der Waals surface area (Å²) in [6, 6.07) is 7.60. The number of hydrogen-bond donors (Lipinski definition) is 2. The highest BCUT2D eigenvalue weighted by Gasteiger charge is 2.28. The molecule has 0 radical (unpaired) electrons. The zero-order valence-corrected chi connectivity index (χ0v) is 16.1. The van der Waals surface area contributed by atoms with Crippen molar-refractivity contribution in [3.05, 3.63) is 35.4 Å². The van der Waals surface area contributed by atoms with E-state index in [0.29, 0.717) is 0 Å². The fourth-order valence-corrected chi connectivity index (χ4v) is 3.28. The van der Waals surface area contributed by atoms with Gasteiger partial charge in [-0.25, -0.2) is 0 Å². The summed E-state index contributed by atoms with van der Waals surface area (Å²) in [6.45, 7) is 14.0. The Balaban J connectivity index is 2.81. The Hall–Kier alpha value is -1.84. The molecule has 134 valence electrons. The second-order valence-corrected chi connectivity index (χ2v) is 8.54. The standard InChI is InChI=1S/C20H32N2O2/c1-14-8-10-16(11-9-14)17(21-15(2)23)12-18(24)22-20(6,7)13-19(3,4)5/h8-11,17H,12-13H2,1-7H3,(H,21,23)(H,22,24). The van der Waals surface area contributed by atoms with Crippen LogP contribution in [0.5, 0.6) is 0 Å². The van der Waals surface area contributed by atoms with Crippen LogP contribution in [0.15, 0.2) is 24.3 Å². The van der Waals surface area contributed by atoms with Crippen LogP contribution in [-0.2, 0) is 9.59 Å². The molecule has 0 spiro atoms. The van der Waals surface area contributed by atoms with Crippen molar-refractivity contribution in [2.24, 2.45) is 5.41 Å². The minimum atomic E-state index is -0.312. The number of carbonyl (C=O) groups is 2. The van der Waals surface area contributed by atoms with Crippen molar-refractivity contribution in [2.75, 3.05) is 0 Å². The lowest BCUT2D eigenvalue weighted by atomic mass is 9.81. The minimum Gasteiger partial charge on any atom is -0.351 e. The van der Waals surface area contributed by atoms with Crippen LogP contribution in [0.2, 0.25) is 0 Å². The SMILES string of the molecule is CC(=O)NC(CC(=O)NC(C)(C)CC(C)(C)C)c1ccc(C)cc1. The number of carbonyl (C=O) groups excluding carboxylic acids is 2. The molecule has 0 aliphatic heterocycles. The number of amides is 2. The smallest absolute Gasteiger partial charge is 0.222 e. The van der Waals surface area contributed by atoms with E-state index in [9.17, 15) is 9.59 Å². The molecule has 2 amide bonds. The lowest BCUT2D eigenvalue weighted by molar-refractivity contribution is -0.124. The lowest BCUT2D eigenvalue weighted by Gasteiger charge is -2.33. The van der Waals surface area contributed by atoms with Crippen molar-refractivity contribution in [2.45, 2.75) is 72.9 Å². The van der Waals surface area contributed by atoms with Crippen LogP contribution in [0.4, 0.5) is 0 Å². The van der Waals surface area contributed by atoms with E-state index in [1.54, 1.807) is 0 Å². The first kappa shape index (κ1) is 20.2. The van der Waals surface area contributed by atoms with Gasteiger partial charge in [0, 0.05) is 12.5 Å². The summed E-state index contributed by atoms with van der Waals surface area (Å²) in [5.74, 6) is -0.189. The number of aryl methyl sites for hydroxylation is 1. The van der Waals surface area contributed by atoms with E-state index in [4.69, 9.17) is 0 Å². The number of nitrogens with one attached hydrogen (secondary N) is 2. The first-order valence-corrected chi connectivity index (χ1v) is 8.53. The van der Waals surface area contributed by atoms with Gasteiger partial charge in [0.15, 0.2) is 0 Å². The average Bonchev–Trinajstić information content (AvgIpc) is 2.34. The Morgan fingerprint density at radius 2 is 1.58 bits per heavy atom. The van der Waals surface area contributed by atoms with Crippen LogP contribution in [0.3, 0.4) is 0 Å². The molecule has 4 nitrogen and oxygen atoms in total. The summed E-state index contributed by atoms with van der Waals surface area (Å²) in [6.07, 6.45) is 1.11. The molecule has 1 rings (SSSR count). The van der Waals surface area contributed by atoms with Crippen molar-refractivity contribution < 1.29 is 9.59 Å². The summed E-state index contributed by atoms with van der Waals surface area (Å²) >= 11 is 0. The first-order valence-electron chi connectivity index (χ1n) is 8.53. The molecule has 1 unspecified atom stereocenters. The van der Waals surface area contributed by atoms with Crippen molar-refractivity contribution >= 4 is 11.8 Å². The van der Waals surface area contributed by atoms with E-state index in [1.165, 1.54) is 6.92 Å². The Bertz CT molecular complexity index is 568. The van der Waals surface area contributed by atoms with E-state index < -0.39 is 0 Å². The van der Waals surface area contributed by atoms with Gasteiger partial charge >= 0.3 is 0 Å². The molecular weight excluding hydrogens is 300 g/mol. The second kappa shape index (κ2) is 7.82. The summed E-state index contributed by atoms with van der Waals surface area (Å²) in [5, 5.41) is 5.99. The third-order valence-corrected chi connectivity index (χ3v) is 3.70. The predicted molar refractivity (Wildman–Crippen MR) is 98.6 cm³/mol. The number of hydrogen-bond acceptors (Lipinski definition) is 2. The average molecular weight is 332 g/mol. The first-order chi connectivity index (χ1) is 10.9. The van der Waals surface area contributed by atoms with Gasteiger partial charge in [-0.3, -0.25) is 9.59 Å². The molecule has 0 aliphatic rings. The number of benzene rings is 1. The zero-order valence-electron chi connectivity index (χ0n) is 16.1. The summed E-state index contributed by atoms with van der Waals surface area (Å²) < 4.78 is 0. The second-order valence-electron chi connectivity index (χ2n) is 8.54. The molecule has 4 heteroatoms. The fourth-order valence-electron chi connectivity index (χ4n) is 3.28. The molecule has 0 heterocycles. The molecule has 1 aromatic carbocycles. The van der Waals surface area contributed by atoms with Gasteiger partial charge in [-0.2, -0.15) is 0 Å². The van der Waals surface area contributed by atoms with Crippen LogP contribution in [0.25, 0.3) is 0 Å². The largest absolute Gasteiger partial charge is 0.351 e. The van der Waals surface area contributed by atoms with E-state index in [2.05, 4.69) is 31.4 Å². The van der Waals surface area contributed by atoms with Gasteiger partial charge in [-0.15, -0.1) is 0 Å². The summed E-state index contributed by atoms with van der Waals surface area (Å²) in [5.41, 5.74) is 1.93. The Morgan fingerprint density at radius 3 is 2.04 bits per heavy atom. The van der Waals surface area contributed by atoms with Crippen LogP contribution >= 0.6 is 0 Å². The molecular formula is C20H32N2O2. The Kier molecular flexibility index (Phi) is 6.58. The van der Waals surface area contributed by atoms with Crippen molar-refractivity contribution in [3.8, 4) is 0 Å². The third-order valence-electron chi connectivity index (χ3n) is 3.70. The normalized spacial score (nSPS) is 13.3. The summed E-state index contributed by atoms with van der Waals surface area (Å²) in [4.78, 5) is 24.0. The lowest BCUT2D eigenvalue weighted by Crippen LogP contribution is -2.46. The molecule has 1 atom stereocenters. The molecule has 0 aromatic heterocycles. The van der Waals surface area contributed by atoms with Gasteiger partial charge < -0.3 is 10.6 Å². The molecule has 0 fully saturated rings. The monoisotopic (exact) mass is 332 g/mol. The topological polar surface area (TPSA) is 58.2 Å². The molecule has 24 heavy (non-hydrogen) atoms. The van der Waals surface area contributed by atoms with Crippen molar-refractivity contribution in [3.63, 3.8) is 0 Å². The maximum absolute atomic E-state index is 12.5. The summed E-state index contributed by atoms with van der Waals surface area (Å²) in [7, 11) is 0. The highest BCUT2D eigenvalue weighted by atomic mass is 16.2. The fraction of sp³-hybridized carbons (Fsp3) is 0.600. The van der Waals surface area contributed by atoms with Crippen molar-refractivity contribution in [1.82, 2.24) is 10.6 Å². The highest BCUT2D eigenvalue weighted by Crippen LogP contribution is 2.27. The molecule has 0 saturated heterocycles. The molecule has 0 bridgehead atoms. The van der Waals surface area contributed by atoms with Gasteiger partial charge in [0.05, 0.1) is 12.5 Å². The highest BCUT2D eigenvalue weighted by molar-refractivity contribution is 5.79. The van der Waals surface area contributed by atoms with Gasteiger partial charge in [-0.05, 0) is 38.2 Å². The molecule has 1 aromatic rings. The van der Waals surface area contributed by atoms with Crippen LogP contribution in [-0.4, -0.2) is 17.4 Å². The van der Waals surface area contributed by atoms with Gasteiger partial charge in [0.1, 0.15) is 0 Å². The van der Waals surface area contributed by atoms with Crippen LogP contribution in [0.1, 0.15) is 71.6 Å². The van der Waals surface area contributed by atoms with Gasteiger partial charge in [0.2, 0.25) is 11.8 Å². The maximum atomic E-state index is 12.5. The molecule has 2 N–H and O–H groups in total. The quantitative estimate of drug-likeness (QED) is 0.830. The predicted octanol–water partition coefficient (Wildman–Crippen LogP) is 3.89. The Morgan fingerprint density at radius 1 is 1.04 bits per heavy atom. The van der Waals surface area contributed by atoms with E-state index in [1.807, 2.05) is 45.0 Å². The third kappa shape index (κ3) is 7.62. The van der Waals surface area contributed by atoms with E-state index in [0.717, 1.165) is 17.5 Å². The molecule has 0 saturated carbocycles. The van der Waals surface area contributed by atoms with E-state index >= 15 is 0 Å². The Labute approximate surface area is 146 Å². The van der Waals surface area contributed by atoms with Crippen LogP contribution in [0, 0.1) is 12.3 Å².